The predicted molar refractivity (Wildman–Crippen MR) is 189 cm³/mol. The van der Waals surface area contributed by atoms with E-state index in [0.717, 1.165) is 49.2 Å². The fourth-order valence-corrected chi connectivity index (χ4v) is 8.47. The molecule has 2 amide bonds. The van der Waals surface area contributed by atoms with E-state index in [1.165, 1.54) is 17.7 Å². The molecule has 0 unspecified atom stereocenters. The van der Waals surface area contributed by atoms with Gasteiger partial charge in [0, 0.05) is 25.7 Å². The topological polar surface area (TPSA) is 99.5 Å². The van der Waals surface area contributed by atoms with Crippen molar-refractivity contribution in [1.29, 1.82) is 0 Å². The molecule has 3 heterocycles. The lowest BCUT2D eigenvalue weighted by molar-refractivity contribution is -0.144. The van der Waals surface area contributed by atoms with Gasteiger partial charge in [0.25, 0.3) is 0 Å². The van der Waals surface area contributed by atoms with Crippen LogP contribution >= 0.6 is 0 Å². The molecule has 4 atom stereocenters. The minimum absolute atomic E-state index is 0.102. The van der Waals surface area contributed by atoms with Crippen LogP contribution in [0.2, 0.25) is 6.32 Å². The largest absolute Gasteiger partial charge is 0.505 e. The maximum atomic E-state index is 14.4. The summed E-state index contributed by atoms with van der Waals surface area (Å²) >= 11 is 0. The van der Waals surface area contributed by atoms with Crippen LogP contribution in [0.25, 0.3) is 6.08 Å². The molecule has 0 aromatic heterocycles. The highest BCUT2D eigenvalue weighted by Gasteiger charge is 2.58. The van der Waals surface area contributed by atoms with E-state index in [0.29, 0.717) is 30.6 Å². The molecule has 4 aliphatic rings. The summed E-state index contributed by atoms with van der Waals surface area (Å²) < 4.78 is 26.4. The van der Waals surface area contributed by atoms with Gasteiger partial charge in [-0.3, -0.25) is 19.4 Å². The molecule has 0 bridgehead atoms. The first kappa shape index (κ1) is 34.2. The van der Waals surface area contributed by atoms with E-state index in [4.69, 9.17) is 9.39 Å². The Morgan fingerprint density at radius 1 is 1.00 bits per heavy atom. The highest BCUT2D eigenvalue weighted by molar-refractivity contribution is 6.43. The van der Waals surface area contributed by atoms with Crippen LogP contribution in [0.3, 0.4) is 0 Å². The minimum atomic E-state index is -1.07. The Balaban J connectivity index is 1.11. The number of benzene rings is 3. The zero-order valence-electron chi connectivity index (χ0n) is 28.4. The summed E-state index contributed by atoms with van der Waals surface area (Å²) in [5, 5.41) is 20.6. The smallest absolute Gasteiger partial charge is 0.455 e. The van der Waals surface area contributed by atoms with Gasteiger partial charge in [-0.1, -0.05) is 66.2 Å². The molecule has 7 rings (SSSR count). The zero-order valence-corrected chi connectivity index (χ0v) is 28.4. The average molecular weight is 679 g/mol. The normalized spacial score (nSPS) is 24.8. The number of hydrogen-bond acceptors (Lipinski definition) is 7. The zero-order chi connectivity index (χ0) is 34.8. The van der Waals surface area contributed by atoms with E-state index in [2.05, 4.69) is 17.0 Å². The molecule has 0 saturated carbocycles. The standard InChI is InChI=1S/C40H44BFN2O6/c1-26(20-28-13-14-35(45)34(42)21-28)12-15-36-37-29(25-49-31-10-6-3-7-11-31)22-32-38(33(37)23-41(48)50-36)40(47)44(39(32)46)30-16-18-43(19-17-30)24-27-8-4-2-5-9-27/h2-11,13-14,20-21,30,32-33,36,38,45,48H,12,15-19,22-25H2,1H3/b26-20+/t32-,33+,36-,38-/m1/s1. The Kier molecular flexibility index (Phi) is 10.2. The fourth-order valence-electron chi connectivity index (χ4n) is 8.47. The molecule has 260 valence electrons. The van der Waals surface area contributed by atoms with Gasteiger partial charge in [-0.15, -0.1) is 0 Å². The maximum Gasteiger partial charge on any atom is 0.455 e. The quantitative estimate of drug-likeness (QED) is 0.149. The van der Waals surface area contributed by atoms with Crippen LogP contribution in [-0.4, -0.2) is 70.7 Å². The third-order valence-electron chi connectivity index (χ3n) is 10.9. The van der Waals surface area contributed by atoms with E-state index in [-0.39, 0.29) is 36.7 Å². The van der Waals surface area contributed by atoms with Crippen molar-refractivity contribution in [2.45, 2.75) is 64.0 Å². The highest BCUT2D eigenvalue weighted by atomic mass is 19.1. The summed E-state index contributed by atoms with van der Waals surface area (Å²) in [6.45, 7) is 4.69. The second-order valence-electron chi connectivity index (χ2n) is 14.2. The number of fused-ring (bicyclic) bond motifs is 3. The van der Waals surface area contributed by atoms with Crippen LogP contribution in [0.1, 0.15) is 50.2 Å². The van der Waals surface area contributed by atoms with Crippen molar-refractivity contribution in [2.24, 2.45) is 17.8 Å². The summed E-state index contributed by atoms with van der Waals surface area (Å²) in [6, 6.07) is 24.0. The molecule has 50 heavy (non-hydrogen) atoms. The van der Waals surface area contributed by atoms with Gasteiger partial charge in [-0.25, -0.2) is 4.39 Å². The number of piperidine rings is 1. The number of phenolic OH excluding ortho intramolecular Hbond substituents is 1. The van der Waals surface area contributed by atoms with Crippen LogP contribution in [0, 0.1) is 23.6 Å². The molecule has 1 aliphatic carbocycles. The summed E-state index contributed by atoms with van der Waals surface area (Å²) in [7, 11) is -1.07. The van der Waals surface area contributed by atoms with Crippen molar-refractivity contribution < 1.29 is 33.5 Å². The molecular weight excluding hydrogens is 634 g/mol. The van der Waals surface area contributed by atoms with Crippen LogP contribution < -0.4 is 4.74 Å². The molecule has 3 aromatic carbocycles. The van der Waals surface area contributed by atoms with Crippen LogP contribution in [0.4, 0.5) is 4.39 Å². The molecule has 10 heteroatoms. The van der Waals surface area contributed by atoms with Crippen molar-refractivity contribution in [3.8, 4) is 11.5 Å². The average Bonchev–Trinajstić information content (AvgIpc) is 3.37. The van der Waals surface area contributed by atoms with E-state index in [1.807, 2.05) is 61.5 Å². The monoisotopic (exact) mass is 678 g/mol. The molecule has 0 radical (unpaired) electrons. The van der Waals surface area contributed by atoms with Crippen molar-refractivity contribution in [3.63, 3.8) is 0 Å². The summed E-state index contributed by atoms with van der Waals surface area (Å²) in [5.41, 5.74) is 4.79. The molecule has 3 saturated heterocycles. The number of amides is 2. The second-order valence-corrected chi connectivity index (χ2v) is 14.2. The Labute approximate surface area is 293 Å². The Bertz CT molecular complexity index is 1760. The van der Waals surface area contributed by atoms with Crippen molar-refractivity contribution in [3.05, 3.63) is 113 Å². The predicted octanol–water partition coefficient (Wildman–Crippen LogP) is 6.26. The first-order valence-corrected chi connectivity index (χ1v) is 17.8. The first-order valence-electron chi connectivity index (χ1n) is 17.8. The number of phenols is 1. The van der Waals surface area contributed by atoms with Gasteiger partial charge < -0.3 is 19.5 Å². The van der Waals surface area contributed by atoms with E-state index >= 15 is 0 Å². The van der Waals surface area contributed by atoms with Crippen molar-refractivity contribution in [2.75, 3.05) is 19.7 Å². The van der Waals surface area contributed by atoms with E-state index in [1.54, 1.807) is 11.0 Å². The molecule has 0 spiro atoms. The molecule has 2 N–H and O–H groups in total. The number of rotatable bonds is 10. The number of nitrogens with zero attached hydrogens (tertiary/aromatic N) is 2. The summed E-state index contributed by atoms with van der Waals surface area (Å²) in [5.74, 6) is -1.96. The van der Waals surface area contributed by atoms with E-state index < -0.39 is 36.6 Å². The van der Waals surface area contributed by atoms with Gasteiger partial charge in [0.05, 0.1) is 17.9 Å². The Hall–Kier alpha value is -4.25. The SMILES string of the molecule is C/C(=C\c1ccc(O)c(F)c1)CC[C@H]1OB(O)C[C@H]2C1=C(COc1ccccc1)C[C@H]1C(=O)N(C3CCN(Cc4ccccc4)CC3)C(=O)[C@H]12. The van der Waals surface area contributed by atoms with E-state index in [9.17, 15) is 24.1 Å². The number of para-hydroxylation sites is 1. The lowest BCUT2D eigenvalue weighted by Gasteiger charge is -2.43. The maximum absolute atomic E-state index is 14.4. The number of carbonyl (C=O) groups is 2. The number of hydrogen-bond donors (Lipinski definition) is 2. The molecule has 3 fully saturated rings. The van der Waals surface area contributed by atoms with Crippen LogP contribution in [-0.2, 0) is 20.8 Å². The number of aromatic hydroxyl groups is 1. The third kappa shape index (κ3) is 7.29. The van der Waals surface area contributed by atoms with Gasteiger partial charge in [0.15, 0.2) is 11.6 Å². The lowest BCUT2D eigenvalue weighted by atomic mass is 9.58. The Morgan fingerprint density at radius 2 is 1.72 bits per heavy atom. The number of ether oxygens (including phenoxy) is 1. The second kappa shape index (κ2) is 14.9. The number of likely N-dealkylation sites (tertiary alicyclic amines) is 2. The van der Waals surface area contributed by atoms with Crippen molar-refractivity contribution >= 4 is 25.0 Å². The third-order valence-corrected chi connectivity index (χ3v) is 10.9. The summed E-state index contributed by atoms with van der Waals surface area (Å²) in [4.78, 5) is 32.5. The first-order chi connectivity index (χ1) is 24.2. The molecular formula is C40H44BFN2O6. The lowest BCUT2D eigenvalue weighted by Crippen LogP contribution is -2.48. The van der Waals surface area contributed by atoms with Gasteiger partial charge >= 0.3 is 7.12 Å². The van der Waals surface area contributed by atoms with Crippen molar-refractivity contribution in [1.82, 2.24) is 9.80 Å². The molecule has 8 nitrogen and oxygen atoms in total. The summed E-state index contributed by atoms with van der Waals surface area (Å²) in [6.07, 6.45) is 4.65. The number of allylic oxidation sites excluding steroid dienone is 1. The molecule has 3 aliphatic heterocycles. The fraction of sp³-hybridized carbons (Fsp3) is 0.400. The van der Waals surface area contributed by atoms with Crippen LogP contribution in [0.5, 0.6) is 11.5 Å². The number of carbonyl (C=O) groups excluding carboxylic acids is 2. The van der Waals surface area contributed by atoms with Crippen LogP contribution in [0.15, 0.2) is 95.6 Å². The number of halogens is 1. The van der Waals surface area contributed by atoms with Gasteiger partial charge in [-0.2, -0.15) is 0 Å². The number of imide groups is 1. The minimum Gasteiger partial charge on any atom is -0.505 e. The van der Waals surface area contributed by atoms with Gasteiger partial charge in [0.2, 0.25) is 11.8 Å². The van der Waals surface area contributed by atoms with Gasteiger partial charge in [0.1, 0.15) is 12.4 Å². The molecule has 3 aromatic rings. The highest BCUT2D eigenvalue weighted by Crippen LogP contribution is 2.51. The van der Waals surface area contributed by atoms with Gasteiger partial charge in [-0.05, 0) is 97.8 Å². The Morgan fingerprint density at radius 3 is 2.44 bits per heavy atom.